The van der Waals surface area contributed by atoms with Crippen LogP contribution < -0.4 is 5.32 Å². The Bertz CT molecular complexity index is 296. The molecule has 1 aliphatic rings. The highest BCUT2D eigenvalue weighted by atomic mass is 32.2. The van der Waals surface area contributed by atoms with Gasteiger partial charge in [-0.1, -0.05) is 0 Å². The van der Waals surface area contributed by atoms with Crippen LogP contribution in [0.1, 0.15) is 20.3 Å². The lowest BCUT2D eigenvalue weighted by atomic mass is 10.3. The van der Waals surface area contributed by atoms with E-state index in [9.17, 15) is 8.42 Å². The van der Waals surface area contributed by atoms with Gasteiger partial charge in [-0.3, -0.25) is 0 Å². The van der Waals surface area contributed by atoms with E-state index in [1.165, 1.54) is 8.61 Å². The highest BCUT2D eigenvalue weighted by molar-refractivity contribution is 7.86. The first kappa shape index (κ1) is 12.9. The fourth-order valence-corrected chi connectivity index (χ4v) is 3.10. The molecule has 0 saturated carbocycles. The minimum absolute atomic E-state index is 0.00758. The summed E-state index contributed by atoms with van der Waals surface area (Å²) in [5.74, 6) is 0. The number of rotatable bonds is 4. The molecule has 1 saturated heterocycles. The van der Waals surface area contributed by atoms with Crippen molar-refractivity contribution in [2.45, 2.75) is 32.4 Å². The summed E-state index contributed by atoms with van der Waals surface area (Å²) < 4.78 is 27.1. The molecule has 1 unspecified atom stereocenters. The molecule has 0 aromatic rings. The first-order chi connectivity index (χ1) is 6.87. The zero-order valence-corrected chi connectivity index (χ0v) is 10.7. The number of nitrogens with one attached hydrogen (secondary N) is 1. The van der Waals surface area contributed by atoms with Crippen LogP contribution in [0.2, 0.25) is 0 Å². The number of hydrogen-bond acceptors (Lipinski definition) is 3. The van der Waals surface area contributed by atoms with E-state index in [0.717, 1.165) is 19.5 Å². The van der Waals surface area contributed by atoms with Gasteiger partial charge in [0.05, 0.1) is 0 Å². The third-order valence-electron chi connectivity index (χ3n) is 3.00. The van der Waals surface area contributed by atoms with Crippen molar-refractivity contribution in [3.05, 3.63) is 0 Å². The van der Waals surface area contributed by atoms with Gasteiger partial charge in [-0.15, -0.1) is 0 Å². The largest absolute Gasteiger partial charge is 0.315 e. The van der Waals surface area contributed by atoms with Gasteiger partial charge in [0.15, 0.2) is 0 Å². The van der Waals surface area contributed by atoms with Crippen LogP contribution >= 0.6 is 0 Å². The van der Waals surface area contributed by atoms with Crippen molar-refractivity contribution < 1.29 is 8.42 Å². The maximum Gasteiger partial charge on any atom is 0.282 e. The van der Waals surface area contributed by atoms with E-state index in [1.807, 2.05) is 13.8 Å². The average Bonchev–Trinajstić information content (AvgIpc) is 2.67. The van der Waals surface area contributed by atoms with Crippen molar-refractivity contribution in [2.24, 2.45) is 0 Å². The molecule has 1 rings (SSSR count). The molecule has 1 heterocycles. The van der Waals surface area contributed by atoms with Crippen molar-refractivity contribution in [1.82, 2.24) is 13.9 Å². The van der Waals surface area contributed by atoms with Crippen molar-refractivity contribution in [1.29, 1.82) is 0 Å². The first-order valence-electron chi connectivity index (χ1n) is 5.29. The monoisotopic (exact) mass is 235 g/mol. The molecule has 0 radical (unpaired) electrons. The lowest BCUT2D eigenvalue weighted by Gasteiger charge is -2.30. The minimum Gasteiger partial charge on any atom is -0.315 e. The topological polar surface area (TPSA) is 52.7 Å². The maximum atomic E-state index is 12.1. The summed E-state index contributed by atoms with van der Waals surface area (Å²) in [5, 5.41) is 3.17. The van der Waals surface area contributed by atoms with Crippen LogP contribution in [0.4, 0.5) is 0 Å². The van der Waals surface area contributed by atoms with Gasteiger partial charge in [0.2, 0.25) is 0 Å². The van der Waals surface area contributed by atoms with Crippen molar-refractivity contribution in [3.63, 3.8) is 0 Å². The predicted molar refractivity (Wildman–Crippen MR) is 60.9 cm³/mol. The first-order valence-corrected chi connectivity index (χ1v) is 6.68. The Morgan fingerprint density at radius 1 is 1.33 bits per heavy atom. The standard InChI is InChI=1S/C9H21N3O2S/c1-8(2)11(3)15(13,14)12(4)9-5-6-10-7-9/h8-10H,5-7H2,1-4H3. The zero-order valence-electron chi connectivity index (χ0n) is 9.90. The third-order valence-corrected chi connectivity index (χ3v) is 5.18. The van der Waals surface area contributed by atoms with Gasteiger partial charge in [0.25, 0.3) is 10.2 Å². The lowest BCUT2D eigenvalue weighted by Crippen LogP contribution is -2.47. The van der Waals surface area contributed by atoms with Gasteiger partial charge in [-0.2, -0.15) is 17.0 Å². The van der Waals surface area contributed by atoms with Crippen molar-refractivity contribution in [2.75, 3.05) is 27.2 Å². The van der Waals surface area contributed by atoms with Gasteiger partial charge in [-0.05, 0) is 26.8 Å². The molecule has 6 heteroatoms. The summed E-state index contributed by atoms with van der Waals surface area (Å²) in [6.45, 7) is 5.40. The lowest BCUT2D eigenvalue weighted by molar-refractivity contribution is 0.323. The molecule has 0 aliphatic carbocycles. The van der Waals surface area contributed by atoms with Crippen molar-refractivity contribution in [3.8, 4) is 0 Å². The van der Waals surface area contributed by atoms with Crippen LogP contribution in [0.15, 0.2) is 0 Å². The number of hydrogen-bond donors (Lipinski definition) is 1. The van der Waals surface area contributed by atoms with Gasteiger partial charge in [0.1, 0.15) is 0 Å². The molecular formula is C9H21N3O2S. The Labute approximate surface area is 92.6 Å². The fourth-order valence-electron chi connectivity index (χ4n) is 1.61. The zero-order chi connectivity index (χ0) is 11.6. The average molecular weight is 235 g/mol. The Morgan fingerprint density at radius 3 is 2.33 bits per heavy atom. The molecule has 1 aliphatic heterocycles. The Hall–Kier alpha value is -0.170. The van der Waals surface area contributed by atoms with Crippen LogP contribution in [0.5, 0.6) is 0 Å². The van der Waals surface area contributed by atoms with E-state index < -0.39 is 10.2 Å². The SMILES string of the molecule is CC(C)N(C)S(=O)(=O)N(C)C1CCNC1. The molecule has 0 amide bonds. The summed E-state index contributed by atoms with van der Waals surface area (Å²) in [5.41, 5.74) is 0. The van der Waals surface area contributed by atoms with E-state index in [2.05, 4.69) is 5.32 Å². The number of likely N-dealkylation sites (N-methyl/N-ethyl adjacent to an activating group) is 1. The molecule has 1 atom stereocenters. The van der Waals surface area contributed by atoms with Crippen LogP contribution in [-0.2, 0) is 10.2 Å². The highest BCUT2D eigenvalue weighted by Crippen LogP contribution is 2.15. The molecule has 0 bridgehead atoms. The Morgan fingerprint density at radius 2 is 1.93 bits per heavy atom. The molecule has 15 heavy (non-hydrogen) atoms. The van der Waals surface area contributed by atoms with Crippen LogP contribution in [0.25, 0.3) is 0 Å². The van der Waals surface area contributed by atoms with E-state index >= 15 is 0 Å². The second-order valence-corrected chi connectivity index (χ2v) is 6.33. The van der Waals surface area contributed by atoms with Crippen LogP contribution in [0, 0.1) is 0 Å². The van der Waals surface area contributed by atoms with Crippen molar-refractivity contribution >= 4 is 10.2 Å². The van der Waals surface area contributed by atoms with Gasteiger partial charge in [-0.25, -0.2) is 0 Å². The summed E-state index contributed by atoms with van der Waals surface area (Å²) in [4.78, 5) is 0. The van der Waals surface area contributed by atoms with E-state index in [4.69, 9.17) is 0 Å². The molecule has 0 spiro atoms. The predicted octanol–water partition coefficient (Wildman–Crippen LogP) is -0.135. The van der Waals surface area contributed by atoms with E-state index in [-0.39, 0.29) is 12.1 Å². The van der Waals surface area contributed by atoms with E-state index in [0.29, 0.717) is 0 Å². The summed E-state index contributed by atoms with van der Waals surface area (Å²) in [6.07, 6.45) is 0.891. The van der Waals surface area contributed by atoms with Gasteiger partial charge >= 0.3 is 0 Å². The van der Waals surface area contributed by atoms with Gasteiger partial charge < -0.3 is 5.32 Å². The van der Waals surface area contributed by atoms with Gasteiger partial charge in [0, 0.05) is 32.7 Å². The Balaban J connectivity index is 2.76. The van der Waals surface area contributed by atoms with Crippen LogP contribution in [0.3, 0.4) is 0 Å². The molecule has 90 valence electrons. The second kappa shape index (κ2) is 4.78. The second-order valence-electron chi connectivity index (χ2n) is 4.28. The molecule has 1 fully saturated rings. The summed E-state index contributed by atoms with van der Waals surface area (Å²) in [7, 11) is -0.0125. The summed E-state index contributed by atoms with van der Waals surface area (Å²) in [6, 6.07) is 0.0861. The molecule has 0 aromatic carbocycles. The Kier molecular flexibility index (Phi) is 4.11. The minimum atomic E-state index is -3.30. The normalized spacial score (nSPS) is 23.3. The smallest absolute Gasteiger partial charge is 0.282 e. The highest BCUT2D eigenvalue weighted by Gasteiger charge is 2.32. The molecule has 1 N–H and O–H groups in total. The van der Waals surface area contributed by atoms with E-state index in [1.54, 1.807) is 14.1 Å². The molecule has 5 nitrogen and oxygen atoms in total. The molecule has 0 aromatic heterocycles. The van der Waals surface area contributed by atoms with Crippen LogP contribution in [-0.4, -0.2) is 56.3 Å². The fraction of sp³-hybridized carbons (Fsp3) is 1.00. The number of nitrogens with zero attached hydrogens (tertiary/aromatic N) is 2. The quantitative estimate of drug-likeness (QED) is 0.738. The maximum absolute atomic E-state index is 12.1. The third kappa shape index (κ3) is 2.69. The molecular weight excluding hydrogens is 214 g/mol. The summed E-state index contributed by atoms with van der Waals surface area (Å²) >= 11 is 0.